The second-order valence-corrected chi connectivity index (χ2v) is 12.1. The van der Waals surface area contributed by atoms with E-state index in [1.54, 1.807) is 0 Å². The molecule has 0 spiro atoms. The number of esters is 6. The summed E-state index contributed by atoms with van der Waals surface area (Å²) in [6.45, 7) is 7.42. The highest BCUT2D eigenvalue weighted by molar-refractivity contribution is 8.00. The molecule has 0 saturated carbocycles. The van der Waals surface area contributed by atoms with Crippen LogP contribution in [0.5, 0.6) is 0 Å². The molecule has 4 rings (SSSR count). The normalized spacial score (nSPS) is 25.7. The van der Waals surface area contributed by atoms with Gasteiger partial charge in [0.25, 0.3) is 0 Å². The fourth-order valence-corrected chi connectivity index (χ4v) is 6.33. The Morgan fingerprint density at radius 3 is 1.72 bits per heavy atom. The lowest BCUT2D eigenvalue weighted by Gasteiger charge is -2.24. The Morgan fingerprint density at radius 2 is 1.20 bits per heavy atom. The van der Waals surface area contributed by atoms with Gasteiger partial charge in [-0.25, -0.2) is 9.97 Å². The number of ether oxygens (including phenoxy) is 8. The quantitative estimate of drug-likeness (QED) is 0.176. The van der Waals surface area contributed by atoms with Crippen molar-refractivity contribution < 1.29 is 71.5 Å². The van der Waals surface area contributed by atoms with Crippen LogP contribution < -0.4 is 5.32 Å². The van der Waals surface area contributed by atoms with Crippen molar-refractivity contribution in [2.24, 2.45) is 0 Å². The minimum atomic E-state index is -1.29. The zero-order valence-corrected chi connectivity index (χ0v) is 28.7. The highest BCUT2D eigenvalue weighted by atomic mass is 32.2. The van der Waals surface area contributed by atoms with Gasteiger partial charge >= 0.3 is 35.8 Å². The van der Waals surface area contributed by atoms with E-state index in [0.717, 1.165) is 39.5 Å². The van der Waals surface area contributed by atoms with Gasteiger partial charge in [0, 0.05) is 48.5 Å². The Bertz CT molecular complexity index is 1670. The lowest BCUT2D eigenvalue weighted by atomic mass is 10.1. The summed E-state index contributed by atoms with van der Waals surface area (Å²) < 4.78 is 45.6. The Morgan fingerprint density at radius 1 is 0.700 bits per heavy atom. The summed E-state index contributed by atoms with van der Waals surface area (Å²) in [4.78, 5) is 96.9. The third-order valence-electron chi connectivity index (χ3n) is 6.84. The van der Waals surface area contributed by atoms with Gasteiger partial charge in [0.1, 0.15) is 36.0 Å². The minimum absolute atomic E-state index is 0.0261. The maximum atomic E-state index is 12.2. The third kappa shape index (κ3) is 9.41. The van der Waals surface area contributed by atoms with Gasteiger partial charge in [0.2, 0.25) is 11.9 Å². The van der Waals surface area contributed by atoms with Crippen LogP contribution in [0.25, 0.3) is 11.2 Å². The monoisotopic (exact) mass is 725 g/mol. The third-order valence-corrected chi connectivity index (χ3v) is 7.96. The molecule has 0 radical (unpaired) electrons. The fraction of sp³-hybridized carbons (Fsp3) is 0.586. The molecule has 1 amide bonds. The Kier molecular flexibility index (Phi) is 12.3. The van der Waals surface area contributed by atoms with Gasteiger partial charge in [-0.05, 0) is 0 Å². The van der Waals surface area contributed by atoms with Crippen molar-refractivity contribution in [2.45, 2.75) is 102 Å². The molecule has 2 fully saturated rings. The number of fused-ring (bicyclic) bond motifs is 1. The number of hydrogen-bond donors (Lipinski definition) is 1. The largest absolute Gasteiger partial charge is 0.463 e. The Hall–Kier alpha value is -4.89. The molecule has 0 aromatic carbocycles. The first-order valence-corrected chi connectivity index (χ1v) is 15.9. The molecular formula is C29H35N5O15S. The van der Waals surface area contributed by atoms with Crippen molar-refractivity contribution in [1.29, 1.82) is 0 Å². The number of anilines is 1. The Balaban J connectivity index is 1.80. The molecule has 2 aromatic heterocycles. The summed E-state index contributed by atoms with van der Waals surface area (Å²) in [6.07, 6.45) is -7.08. The van der Waals surface area contributed by atoms with Crippen LogP contribution in [0.2, 0.25) is 0 Å². The summed E-state index contributed by atoms with van der Waals surface area (Å²) in [5.74, 6) is -4.95. The summed E-state index contributed by atoms with van der Waals surface area (Å²) in [5.41, 5.74) is -1.01. The lowest BCUT2D eigenvalue weighted by molar-refractivity contribution is -0.166. The molecule has 0 unspecified atom stereocenters. The molecule has 21 heteroatoms. The van der Waals surface area contributed by atoms with E-state index in [2.05, 4.69) is 20.3 Å². The number of imidazole rings is 1. The molecule has 2 aromatic rings. The van der Waals surface area contributed by atoms with Crippen LogP contribution in [-0.2, 0) is 71.5 Å². The van der Waals surface area contributed by atoms with Crippen molar-refractivity contribution >= 4 is 70.6 Å². The highest BCUT2D eigenvalue weighted by Gasteiger charge is 2.52. The number of aromatic nitrogens is 4. The standard InChI is InChI=1S/C29H35N5O15S/c1-11(35)31-29-32-25-20(26(33-29)50-28-24(47-17(7)41)22(45-15(5)39)19(49-28)9-43-13(3)37)30-10-34(25)27-23(46-16(6)40)21(44-14(4)38)18(48-27)8-42-12(2)36/h10,18-19,21-24,27-28H,8-9H2,1-7H3,(H,31,32,33,35)/t18-,19-,21-,22-,23-,24-,27-,28+/m1/s1. The number of carbonyl (C=O) groups is 7. The van der Waals surface area contributed by atoms with E-state index in [-0.39, 0.29) is 35.4 Å². The average Bonchev–Trinajstić information content (AvgIpc) is 3.64. The molecule has 4 heterocycles. The first-order valence-electron chi connectivity index (χ1n) is 15.0. The molecule has 50 heavy (non-hydrogen) atoms. The van der Waals surface area contributed by atoms with Crippen molar-refractivity contribution in [3.63, 3.8) is 0 Å². The van der Waals surface area contributed by atoms with E-state index in [0.29, 0.717) is 0 Å². The van der Waals surface area contributed by atoms with Crippen LogP contribution >= 0.6 is 11.8 Å². The lowest BCUT2D eigenvalue weighted by Crippen LogP contribution is -2.40. The first kappa shape index (κ1) is 37.9. The molecule has 272 valence electrons. The zero-order valence-electron chi connectivity index (χ0n) is 27.9. The number of nitrogens with zero attached hydrogens (tertiary/aromatic N) is 4. The van der Waals surface area contributed by atoms with Crippen molar-refractivity contribution in [2.75, 3.05) is 18.5 Å². The van der Waals surface area contributed by atoms with Crippen LogP contribution in [0.3, 0.4) is 0 Å². The van der Waals surface area contributed by atoms with Gasteiger partial charge in [0.15, 0.2) is 41.7 Å². The van der Waals surface area contributed by atoms with Gasteiger partial charge in [-0.2, -0.15) is 4.98 Å². The summed E-state index contributed by atoms with van der Waals surface area (Å²) in [6, 6.07) is 0. The van der Waals surface area contributed by atoms with Crippen LogP contribution in [0.4, 0.5) is 5.95 Å². The SMILES string of the molecule is CC(=O)Nc1nc(S[C@@H]2O[C@H](COC(C)=O)[C@@H](OC(C)=O)[C@H]2OC(C)=O)c2ncn([C@@H]3O[C@H](COC(C)=O)[C@@H](OC(C)=O)[C@H]3OC(C)=O)c2n1. The minimum Gasteiger partial charge on any atom is -0.463 e. The van der Waals surface area contributed by atoms with Gasteiger partial charge in [0.05, 0.1) is 6.33 Å². The number of amides is 1. The molecule has 2 aliphatic rings. The number of hydrogen-bond acceptors (Lipinski definition) is 19. The zero-order chi connectivity index (χ0) is 36.9. The molecule has 1 N–H and O–H groups in total. The summed E-state index contributed by atoms with van der Waals surface area (Å²) >= 11 is 0.867. The van der Waals surface area contributed by atoms with Gasteiger partial charge in [-0.3, -0.25) is 43.4 Å². The summed E-state index contributed by atoms with van der Waals surface area (Å²) in [5, 5.41) is 2.56. The number of thioether (sulfide) groups is 1. The molecule has 2 aliphatic heterocycles. The second-order valence-electron chi connectivity index (χ2n) is 11.0. The molecule has 0 bridgehead atoms. The van der Waals surface area contributed by atoms with Crippen LogP contribution in [0, 0.1) is 0 Å². The predicted octanol–water partition coefficient (Wildman–Crippen LogP) is 0.352. The van der Waals surface area contributed by atoms with Gasteiger partial charge in [-0.1, -0.05) is 11.8 Å². The molecule has 8 atom stereocenters. The van der Waals surface area contributed by atoms with Crippen LogP contribution in [0.15, 0.2) is 11.4 Å². The number of rotatable bonds is 12. The smallest absolute Gasteiger partial charge is 0.303 e. The summed E-state index contributed by atoms with van der Waals surface area (Å²) in [7, 11) is 0. The second kappa shape index (κ2) is 16.2. The van der Waals surface area contributed by atoms with Crippen molar-refractivity contribution in [3.8, 4) is 0 Å². The maximum absolute atomic E-state index is 12.2. The molecule has 20 nitrogen and oxygen atoms in total. The topological polar surface area (TPSA) is 249 Å². The van der Waals surface area contributed by atoms with E-state index in [9.17, 15) is 33.6 Å². The number of carbonyl (C=O) groups excluding carboxylic acids is 7. The molecule has 2 saturated heterocycles. The Labute approximate surface area is 288 Å². The number of nitrogens with one attached hydrogen (secondary N) is 1. The first-order chi connectivity index (χ1) is 23.5. The van der Waals surface area contributed by atoms with E-state index in [1.807, 2.05) is 0 Å². The van der Waals surface area contributed by atoms with E-state index in [4.69, 9.17) is 37.9 Å². The predicted molar refractivity (Wildman–Crippen MR) is 164 cm³/mol. The van der Waals surface area contributed by atoms with Crippen LogP contribution in [-0.4, -0.2) is 117 Å². The van der Waals surface area contributed by atoms with Gasteiger partial charge < -0.3 is 37.9 Å². The van der Waals surface area contributed by atoms with Crippen molar-refractivity contribution in [1.82, 2.24) is 19.5 Å². The highest BCUT2D eigenvalue weighted by Crippen LogP contribution is 2.41. The average molecular weight is 726 g/mol. The molecular weight excluding hydrogens is 690 g/mol. The van der Waals surface area contributed by atoms with Crippen LogP contribution in [0.1, 0.15) is 54.7 Å². The van der Waals surface area contributed by atoms with Gasteiger partial charge in [-0.15, -0.1) is 0 Å². The fourth-order valence-electron chi connectivity index (χ4n) is 5.17. The maximum Gasteiger partial charge on any atom is 0.303 e. The van der Waals surface area contributed by atoms with E-state index < -0.39 is 90.0 Å². The van der Waals surface area contributed by atoms with Crippen molar-refractivity contribution in [3.05, 3.63) is 6.33 Å². The molecule has 0 aliphatic carbocycles. The van der Waals surface area contributed by atoms with E-state index in [1.165, 1.54) is 31.7 Å². The van der Waals surface area contributed by atoms with E-state index >= 15 is 0 Å².